The van der Waals surface area contributed by atoms with Crippen LogP contribution in [0, 0.1) is 5.41 Å². The molecule has 0 spiro atoms. The highest BCUT2D eigenvalue weighted by Gasteiger charge is 2.38. The monoisotopic (exact) mass is 248 g/mol. The molecule has 1 rings (SSSR count). The zero-order valence-corrected chi connectivity index (χ0v) is 11.8. The molecule has 0 radical (unpaired) electrons. The molecule has 0 unspecified atom stereocenters. The van der Waals surface area contributed by atoms with Crippen molar-refractivity contribution >= 4 is 21.6 Å². The first-order valence-electron chi connectivity index (χ1n) is 5.89. The second kappa shape index (κ2) is 5.83. The van der Waals surface area contributed by atoms with Crippen molar-refractivity contribution in [2.45, 2.75) is 57.6 Å². The molecule has 0 aliphatic heterocycles. The van der Waals surface area contributed by atoms with Crippen molar-refractivity contribution in [2.75, 3.05) is 12.4 Å². The van der Waals surface area contributed by atoms with Gasteiger partial charge in [-0.05, 0) is 24.7 Å². The molecule has 0 aromatic carbocycles. The maximum absolute atomic E-state index is 8.82. The van der Waals surface area contributed by atoms with Crippen LogP contribution in [-0.2, 0) is 0 Å². The van der Waals surface area contributed by atoms with Crippen molar-refractivity contribution < 1.29 is 5.11 Å². The predicted octanol–water partition coefficient (Wildman–Crippen LogP) is 4.11. The molecule has 1 aliphatic rings. The molecule has 0 atom stereocenters. The zero-order chi connectivity index (χ0) is 11.4. The summed E-state index contributed by atoms with van der Waals surface area (Å²) in [5.74, 6) is 0.872. The Hall–Kier alpha value is 0.660. The van der Waals surface area contributed by atoms with Crippen LogP contribution in [0.2, 0.25) is 0 Å². The van der Waals surface area contributed by atoms with Crippen molar-refractivity contribution in [3.8, 4) is 0 Å². The summed E-state index contributed by atoms with van der Waals surface area (Å²) in [6, 6.07) is 0. The fourth-order valence-corrected chi connectivity index (χ4v) is 5.73. The average molecular weight is 248 g/mol. The molecular formula is C12H24OS2. The third kappa shape index (κ3) is 5.01. The summed E-state index contributed by atoms with van der Waals surface area (Å²) in [5, 5.41) is 8.82. The van der Waals surface area contributed by atoms with Crippen LogP contribution >= 0.6 is 21.6 Å². The number of hydrogen-bond donors (Lipinski definition) is 1. The van der Waals surface area contributed by atoms with E-state index in [-0.39, 0.29) is 0 Å². The number of rotatable bonds is 5. The van der Waals surface area contributed by atoms with E-state index in [0.29, 0.717) is 16.8 Å². The van der Waals surface area contributed by atoms with Crippen LogP contribution in [0.15, 0.2) is 0 Å². The Morgan fingerprint density at radius 1 is 1.20 bits per heavy atom. The lowest BCUT2D eigenvalue weighted by Crippen LogP contribution is -2.26. The molecule has 1 nitrogen and oxygen atoms in total. The smallest absolute Gasteiger partial charge is 0.0530 e. The fourth-order valence-electron chi connectivity index (χ4n) is 2.48. The third-order valence-corrected chi connectivity index (χ3v) is 6.07. The van der Waals surface area contributed by atoms with Crippen molar-refractivity contribution in [2.24, 2.45) is 5.41 Å². The lowest BCUT2D eigenvalue weighted by molar-refractivity contribution is 0.320. The van der Waals surface area contributed by atoms with E-state index in [9.17, 15) is 0 Å². The summed E-state index contributed by atoms with van der Waals surface area (Å²) in [4.78, 5) is 0. The van der Waals surface area contributed by atoms with Gasteiger partial charge in [0.05, 0.1) is 6.61 Å². The minimum atomic E-state index is 0.309. The van der Waals surface area contributed by atoms with Crippen LogP contribution in [0.5, 0.6) is 0 Å². The SMILES string of the molecule is CC(C)(C)CC1(SSCCO)CCCC1. The Bertz CT molecular complexity index is 181. The number of hydrogen-bond acceptors (Lipinski definition) is 3. The summed E-state index contributed by atoms with van der Waals surface area (Å²) in [7, 11) is 3.90. The molecule has 1 fully saturated rings. The van der Waals surface area contributed by atoms with E-state index in [0.717, 1.165) is 5.75 Å². The normalized spacial score (nSPS) is 20.8. The lowest BCUT2D eigenvalue weighted by Gasteiger charge is -2.34. The van der Waals surface area contributed by atoms with E-state index in [1.165, 1.54) is 32.1 Å². The lowest BCUT2D eigenvalue weighted by atomic mass is 9.83. The Morgan fingerprint density at radius 2 is 1.80 bits per heavy atom. The molecule has 15 heavy (non-hydrogen) atoms. The topological polar surface area (TPSA) is 20.2 Å². The summed E-state index contributed by atoms with van der Waals surface area (Å²) >= 11 is 0. The minimum absolute atomic E-state index is 0.309. The highest BCUT2D eigenvalue weighted by molar-refractivity contribution is 8.77. The van der Waals surface area contributed by atoms with Gasteiger partial charge >= 0.3 is 0 Å². The largest absolute Gasteiger partial charge is 0.395 e. The molecule has 1 N–H and O–H groups in total. The van der Waals surface area contributed by atoms with Crippen LogP contribution in [0.1, 0.15) is 52.9 Å². The molecule has 3 heteroatoms. The summed E-state index contributed by atoms with van der Waals surface area (Å²) in [6.07, 6.45) is 6.83. The first-order valence-corrected chi connectivity index (χ1v) is 8.21. The Balaban J connectivity index is 2.46. The molecule has 0 aromatic rings. The van der Waals surface area contributed by atoms with E-state index in [2.05, 4.69) is 20.8 Å². The Kier molecular flexibility index (Phi) is 5.33. The maximum Gasteiger partial charge on any atom is 0.0530 e. The molecular weight excluding hydrogens is 224 g/mol. The van der Waals surface area contributed by atoms with Gasteiger partial charge < -0.3 is 5.11 Å². The molecule has 90 valence electrons. The summed E-state index contributed by atoms with van der Waals surface area (Å²) in [6.45, 7) is 7.32. The summed E-state index contributed by atoms with van der Waals surface area (Å²) < 4.78 is 0.498. The Labute approximate surface area is 102 Å². The van der Waals surface area contributed by atoms with Gasteiger partial charge in [-0.3, -0.25) is 0 Å². The van der Waals surface area contributed by atoms with Gasteiger partial charge in [-0.1, -0.05) is 55.2 Å². The second-order valence-electron chi connectivity index (χ2n) is 5.76. The maximum atomic E-state index is 8.82. The van der Waals surface area contributed by atoms with Gasteiger partial charge in [0, 0.05) is 10.5 Å². The van der Waals surface area contributed by atoms with Crippen LogP contribution in [0.3, 0.4) is 0 Å². The minimum Gasteiger partial charge on any atom is -0.395 e. The van der Waals surface area contributed by atoms with Gasteiger partial charge in [0.25, 0.3) is 0 Å². The number of aliphatic hydroxyl groups is 1. The first kappa shape index (κ1) is 13.7. The van der Waals surface area contributed by atoms with Gasteiger partial charge in [-0.15, -0.1) is 0 Å². The van der Waals surface area contributed by atoms with Crippen molar-refractivity contribution in [1.29, 1.82) is 0 Å². The van der Waals surface area contributed by atoms with Crippen LogP contribution in [0.25, 0.3) is 0 Å². The third-order valence-electron chi connectivity index (χ3n) is 2.78. The quantitative estimate of drug-likeness (QED) is 0.584. The molecule has 0 amide bonds. The van der Waals surface area contributed by atoms with E-state index < -0.39 is 0 Å². The van der Waals surface area contributed by atoms with Gasteiger partial charge in [0.1, 0.15) is 0 Å². The van der Waals surface area contributed by atoms with E-state index >= 15 is 0 Å². The molecule has 1 aliphatic carbocycles. The van der Waals surface area contributed by atoms with Crippen LogP contribution in [-0.4, -0.2) is 22.2 Å². The van der Waals surface area contributed by atoms with Crippen molar-refractivity contribution in [3.63, 3.8) is 0 Å². The van der Waals surface area contributed by atoms with Crippen LogP contribution in [0.4, 0.5) is 0 Å². The van der Waals surface area contributed by atoms with Gasteiger partial charge in [-0.25, -0.2) is 0 Å². The molecule has 0 bridgehead atoms. The average Bonchev–Trinajstić information content (AvgIpc) is 2.51. The first-order chi connectivity index (χ1) is 6.97. The van der Waals surface area contributed by atoms with E-state index in [4.69, 9.17) is 5.11 Å². The molecule has 0 aromatic heterocycles. The highest BCUT2D eigenvalue weighted by atomic mass is 33.1. The van der Waals surface area contributed by atoms with E-state index in [1.54, 1.807) is 0 Å². The van der Waals surface area contributed by atoms with Gasteiger partial charge in [0.2, 0.25) is 0 Å². The van der Waals surface area contributed by atoms with E-state index in [1.807, 2.05) is 21.6 Å². The highest BCUT2D eigenvalue weighted by Crippen LogP contribution is 2.52. The van der Waals surface area contributed by atoms with Gasteiger partial charge in [0.15, 0.2) is 0 Å². The van der Waals surface area contributed by atoms with Crippen molar-refractivity contribution in [3.05, 3.63) is 0 Å². The second-order valence-corrected chi connectivity index (χ2v) is 8.64. The standard InChI is InChI=1S/C12H24OS2/c1-11(2,3)10-12(6-4-5-7-12)15-14-9-8-13/h13H,4-10H2,1-3H3. The Morgan fingerprint density at radius 3 is 2.27 bits per heavy atom. The van der Waals surface area contributed by atoms with Gasteiger partial charge in [-0.2, -0.15) is 0 Å². The molecule has 1 saturated carbocycles. The molecule has 0 heterocycles. The predicted molar refractivity (Wildman–Crippen MR) is 72.4 cm³/mol. The van der Waals surface area contributed by atoms with Crippen molar-refractivity contribution in [1.82, 2.24) is 0 Å². The number of aliphatic hydroxyl groups excluding tert-OH is 1. The van der Waals surface area contributed by atoms with Crippen LogP contribution < -0.4 is 0 Å². The zero-order valence-electron chi connectivity index (χ0n) is 10.2. The molecule has 0 saturated heterocycles. The fraction of sp³-hybridized carbons (Fsp3) is 1.00. The summed E-state index contributed by atoms with van der Waals surface area (Å²) in [5.41, 5.74) is 0.428.